The van der Waals surface area contributed by atoms with Gasteiger partial charge in [0.1, 0.15) is 11.6 Å². The van der Waals surface area contributed by atoms with Crippen LogP contribution in [0.1, 0.15) is 32.6 Å². The minimum atomic E-state index is -0.524. The van der Waals surface area contributed by atoms with E-state index in [0.29, 0.717) is 17.1 Å². The first-order valence-electron chi connectivity index (χ1n) is 10.6. The van der Waals surface area contributed by atoms with E-state index in [9.17, 15) is 9.59 Å². The van der Waals surface area contributed by atoms with E-state index in [1.165, 1.54) is 5.56 Å². The second-order valence-corrected chi connectivity index (χ2v) is 8.26. The van der Waals surface area contributed by atoms with Crippen LogP contribution < -0.4 is 15.8 Å². The molecule has 0 spiro atoms. The molecular weight excluding hydrogens is 416 g/mol. The van der Waals surface area contributed by atoms with Crippen LogP contribution in [0.3, 0.4) is 0 Å². The van der Waals surface area contributed by atoms with Crippen molar-refractivity contribution in [3.63, 3.8) is 0 Å². The fourth-order valence-electron chi connectivity index (χ4n) is 3.83. The lowest BCUT2D eigenvalue weighted by Crippen LogP contribution is -2.20. The molecule has 0 bridgehead atoms. The van der Waals surface area contributed by atoms with Crippen molar-refractivity contribution >= 4 is 28.5 Å². The number of aromatic nitrogens is 2. The number of nitrogens with two attached hydrogens (primary N) is 1. The Hall–Kier alpha value is -4.13. The first-order valence-corrected chi connectivity index (χ1v) is 10.6. The number of carbonyl (C=O) groups is 2. The molecule has 1 aromatic heterocycles. The molecule has 0 fully saturated rings. The first-order chi connectivity index (χ1) is 15.7. The first kappa shape index (κ1) is 22.1. The molecule has 168 valence electrons. The molecule has 0 saturated carbocycles. The average molecular weight is 443 g/mol. The second-order valence-electron chi connectivity index (χ2n) is 8.26. The summed E-state index contributed by atoms with van der Waals surface area (Å²) >= 11 is 0. The van der Waals surface area contributed by atoms with E-state index < -0.39 is 5.91 Å². The SMILES string of the molecule is Cc1ccc(NC(=O)c2ccc3nc(-c4c(C)cc(OCC(N)=O)cc4C)[nH]c3c2)cc1C. The molecule has 0 unspecified atom stereocenters. The Bertz CT molecular complexity index is 1360. The van der Waals surface area contributed by atoms with E-state index in [2.05, 4.69) is 10.3 Å². The van der Waals surface area contributed by atoms with Gasteiger partial charge in [-0.1, -0.05) is 6.07 Å². The van der Waals surface area contributed by atoms with Crippen LogP contribution in [-0.2, 0) is 4.79 Å². The third kappa shape index (κ3) is 4.72. The van der Waals surface area contributed by atoms with E-state index in [-0.39, 0.29) is 12.5 Å². The highest BCUT2D eigenvalue weighted by molar-refractivity contribution is 6.06. The van der Waals surface area contributed by atoms with Crippen LogP contribution in [0.15, 0.2) is 48.5 Å². The molecule has 4 N–H and O–H groups in total. The number of benzene rings is 3. The maximum absolute atomic E-state index is 12.8. The van der Waals surface area contributed by atoms with Gasteiger partial charge < -0.3 is 20.8 Å². The van der Waals surface area contributed by atoms with Crippen LogP contribution >= 0.6 is 0 Å². The summed E-state index contributed by atoms with van der Waals surface area (Å²) in [4.78, 5) is 31.8. The van der Waals surface area contributed by atoms with Crippen molar-refractivity contribution in [2.24, 2.45) is 5.73 Å². The topological polar surface area (TPSA) is 110 Å². The number of imidazole rings is 1. The van der Waals surface area contributed by atoms with Crippen LogP contribution in [-0.4, -0.2) is 28.4 Å². The Balaban J connectivity index is 1.61. The largest absolute Gasteiger partial charge is 0.484 e. The van der Waals surface area contributed by atoms with Gasteiger partial charge in [0.15, 0.2) is 6.61 Å². The van der Waals surface area contributed by atoms with E-state index in [0.717, 1.165) is 39.0 Å². The van der Waals surface area contributed by atoms with Crippen molar-refractivity contribution in [2.45, 2.75) is 27.7 Å². The Labute approximate surface area is 192 Å². The number of anilines is 1. The van der Waals surface area contributed by atoms with Crippen molar-refractivity contribution in [3.8, 4) is 17.1 Å². The van der Waals surface area contributed by atoms with Crippen LogP contribution in [0.2, 0.25) is 0 Å². The minimum absolute atomic E-state index is 0.171. The predicted octanol–water partition coefficient (Wildman–Crippen LogP) is 4.58. The summed E-state index contributed by atoms with van der Waals surface area (Å²) in [6.45, 7) is 7.79. The van der Waals surface area contributed by atoms with E-state index >= 15 is 0 Å². The maximum atomic E-state index is 12.8. The smallest absolute Gasteiger partial charge is 0.255 e. The summed E-state index contributed by atoms with van der Waals surface area (Å²) < 4.78 is 5.43. The van der Waals surface area contributed by atoms with Gasteiger partial charge >= 0.3 is 0 Å². The number of carbonyl (C=O) groups excluding carboxylic acids is 2. The Morgan fingerprint density at radius 2 is 1.67 bits per heavy atom. The summed E-state index contributed by atoms with van der Waals surface area (Å²) in [5.41, 5.74) is 13.1. The number of hydrogen-bond acceptors (Lipinski definition) is 4. The third-order valence-corrected chi connectivity index (χ3v) is 5.63. The van der Waals surface area contributed by atoms with Crippen molar-refractivity contribution in [1.29, 1.82) is 0 Å². The molecule has 0 aliphatic carbocycles. The number of hydrogen-bond donors (Lipinski definition) is 3. The normalized spacial score (nSPS) is 10.9. The number of fused-ring (bicyclic) bond motifs is 1. The second kappa shape index (κ2) is 8.78. The zero-order chi connectivity index (χ0) is 23.7. The molecule has 7 heteroatoms. The highest BCUT2D eigenvalue weighted by Crippen LogP contribution is 2.31. The molecule has 1 heterocycles. The number of amides is 2. The summed E-state index contributed by atoms with van der Waals surface area (Å²) in [5.74, 6) is 0.575. The summed E-state index contributed by atoms with van der Waals surface area (Å²) in [6.07, 6.45) is 0. The fourth-order valence-corrected chi connectivity index (χ4v) is 3.83. The molecular formula is C26H26N4O3. The molecule has 0 aliphatic rings. The maximum Gasteiger partial charge on any atom is 0.255 e. The highest BCUT2D eigenvalue weighted by Gasteiger charge is 2.15. The summed E-state index contributed by atoms with van der Waals surface area (Å²) in [5, 5.41) is 2.95. The number of H-pyrrole nitrogens is 1. The number of nitrogens with one attached hydrogen (secondary N) is 2. The molecule has 0 aliphatic heterocycles. The van der Waals surface area contributed by atoms with Gasteiger partial charge in [-0.15, -0.1) is 0 Å². The number of aromatic amines is 1. The third-order valence-electron chi connectivity index (χ3n) is 5.63. The molecule has 4 rings (SSSR count). The Morgan fingerprint density at radius 3 is 2.33 bits per heavy atom. The van der Waals surface area contributed by atoms with Crippen LogP contribution in [0, 0.1) is 27.7 Å². The molecule has 0 saturated heterocycles. The number of primary amides is 1. The lowest BCUT2D eigenvalue weighted by Gasteiger charge is -2.11. The minimum Gasteiger partial charge on any atom is -0.484 e. The van der Waals surface area contributed by atoms with E-state index in [4.69, 9.17) is 15.5 Å². The van der Waals surface area contributed by atoms with Crippen LogP contribution in [0.4, 0.5) is 5.69 Å². The summed E-state index contributed by atoms with van der Waals surface area (Å²) in [6, 6.07) is 14.9. The van der Waals surface area contributed by atoms with Crippen LogP contribution in [0.5, 0.6) is 5.75 Å². The predicted molar refractivity (Wildman–Crippen MR) is 130 cm³/mol. The van der Waals surface area contributed by atoms with Gasteiger partial charge in [0.05, 0.1) is 11.0 Å². The van der Waals surface area contributed by atoms with E-state index in [1.54, 1.807) is 12.1 Å². The fraction of sp³-hybridized carbons (Fsp3) is 0.192. The Morgan fingerprint density at radius 1 is 0.939 bits per heavy atom. The van der Waals surface area contributed by atoms with Gasteiger partial charge in [0.2, 0.25) is 0 Å². The number of nitrogens with zero attached hydrogens (tertiary/aromatic N) is 1. The van der Waals surface area contributed by atoms with Gasteiger partial charge in [-0.3, -0.25) is 9.59 Å². The standard InChI is InChI=1S/C26H26N4O3/c1-14-5-7-19(9-15(14)2)28-26(32)18-6-8-21-22(12-18)30-25(29-21)24-16(3)10-20(11-17(24)4)33-13-23(27)31/h5-12H,13H2,1-4H3,(H2,27,31)(H,28,32)(H,29,30). The van der Waals surface area contributed by atoms with Gasteiger partial charge in [0.25, 0.3) is 11.8 Å². The van der Waals surface area contributed by atoms with Crippen molar-refractivity contribution in [3.05, 3.63) is 76.3 Å². The zero-order valence-electron chi connectivity index (χ0n) is 19.1. The molecule has 0 radical (unpaired) electrons. The molecule has 0 atom stereocenters. The average Bonchev–Trinajstić information content (AvgIpc) is 3.17. The van der Waals surface area contributed by atoms with E-state index in [1.807, 2.05) is 64.1 Å². The lowest BCUT2D eigenvalue weighted by atomic mass is 10.0. The zero-order valence-corrected chi connectivity index (χ0v) is 19.1. The molecule has 4 aromatic rings. The molecule has 3 aromatic carbocycles. The number of ether oxygens (including phenoxy) is 1. The highest BCUT2D eigenvalue weighted by atomic mass is 16.5. The van der Waals surface area contributed by atoms with Gasteiger partial charge in [-0.05, 0) is 92.4 Å². The van der Waals surface area contributed by atoms with Gasteiger partial charge in [0, 0.05) is 16.8 Å². The van der Waals surface area contributed by atoms with Crippen molar-refractivity contribution < 1.29 is 14.3 Å². The molecule has 7 nitrogen and oxygen atoms in total. The monoisotopic (exact) mass is 442 g/mol. The molecule has 2 amide bonds. The van der Waals surface area contributed by atoms with Crippen LogP contribution in [0.25, 0.3) is 22.4 Å². The van der Waals surface area contributed by atoms with Crippen molar-refractivity contribution in [2.75, 3.05) is 11.9 Å². The Kier molecular flexibility index (Phi) is 5.87. The number of rotatable bonds is 6. The molecule has 33 heavy (non-hydrogen) atoms. The summed E-state index contributed by atoms with van der Waals surface area (Å²) in [7, 11) is 0. The van der Waals surface area contributed by atoms with Crippen molar-refractivity contribution in [1.82, 2.24) is 9.97 Å². The van der Waals surface area contributed by atoms with Gasteiger partial charge in [-0.25, -0.2) is 4.98 Å². The quantitative estimate of drug-likeness (QED) is 0.406. The lowest BCUT2D eigenvalue weighted by molar-refractivity contribution is -0.119. The van der Waals surface area contributed by atoms with Gasteiger partial charge in [-0.2, -0.15) is 0 Å². The number of aryl methyl sites for hydroxylation is 4.